The quantitative estimate of drug-likeness (QED) is 0.719. The molecule has 0 N–H and O–H groups in total. The van der Waals surface area contributed by atoms with E-state index in [-0.39, 0.29) is 11.5 Å². The van der Waals surface area contributed by atoms with Crippen molar-refractivity contribution in [2.45, 2.75) is 27.7 Å². The van der Waals surface area contributed by atoms with E-state index in [1.165, 1.54) is 10.8 Å². The highest BCUT2D eigenvalue weighted by Gasteiger charge is 2.24. The molecule has 0 amide bonds. The van der Waals surface area contributed by atoms with Gasteiger partial charge >= 0.3 is 17.5 Å². The first-order valence-electron chi connectivity index (χ1n) is 7.48. The summed E-state index contributed by atoms with van der Waals surface area (Å²) in [5.74, 6) is -1.73. The summed E-state index contributed by atoms with van der Waals surface area (Å²) in [7, 11) is 0. The number of carbonyl (C=O) groups is 2. The fraction of sp³-hybridized carbons (Fsp3) is 0.235. The molecule has 0 atom stereocenters. The third-order valence-electron chi connectivity index (χ3n) is 3.75. The van der Waals surface area contributed by atoms with Gasteiger partial charge in [-0.2, -0.15) is 0 Å². The number of nitrogens with zero attached hydrogens (tertiary/aromatic N) is 3. The van der Waals surface area contributed by atoms with E-state index in [4.69, 9.17) is 9.47 Å². The van der Waals surface area contributed by atoms with Crippen LogP contribution in [0.1, 0.15) is 22.6 Å². The number of carbonyl (C=O) groups excluding carboxylic acids is 2. The van der Waals surface area contributed by atoms with Crippen molar-refractivity contribution in [2.75, 3.05) is 0 Å². The normalized spacial score (nSPS) is 14.9. The molecule has 0 saturated heterocycles. The van der Waals surface area contributed by atoms with Crippen LogP contribution in [-0.4, -0.2) is 26.5 Å². The molecule has 25 heavy (non-hydrogen) atoms. The second kappa shape index (κ2) is 5.97. The number of esters is 2. The van der Waals surface area contributed by atoms with E-state index in [0.717, 1.165) is 17.8 Å². The monoisotopic (exact) mass is 341 g/mol. The van der Waals surface area contributed by atoms with Crippen molar-refractivity contribution < 1.29 is 19.1 Å². The van der Waals surface area contributed by atoms with E-state index in [1.54, 1.807) is 20.8 Å². The van der Waals surface area contributed by atoms with Crippen LogP contribution in [0.5, 0.6) is 11.5 Å². The zero-order valence-electron chi connectivity index (χ0n) is 14.1. The Morgan fingerprint density at radius 1 is 0.800 bits per heavy atom. The molecule has 2 aromatic heterocycles. The highest BCUT2D eigenvalue weighted by atomic mass is 16.6. The second-order valence-electron chi connectivity index (χ2n) is 5.62. The summed E-state index contributed by atoms with van der Waals surface area (Å²) < 4.78 is 11.4. The Labute approximate surface area is 142 Å². The van der Waals surface area contributed by atoms with E-state index >= 15 is 0 Å². The first kappa shape index (κ1) is 16.6. The van der Waals surface area contributed by atoms with Crippen LogP contribution in [0.25, 0.3) is 5.82 Å². The molecule has 1 aliphatic rings. The summed E-state index contributed by atoms with van der Waals surface area (Å²) >= 11 is 0. The lowest BCUT2D eigenvalue weighted by Crippen LogP contribution is -2.27. The predicted molar refractivity (Wildman–Crippen MR) is 87.0 cm³/mol. The minimum atomic E-state index is -0.838. The first-order valence-corrected chi connectivity index (χ1v) is 7.48. The van der Waals surface area contributed by atoms with Crippen molar-refractivity contribution >= 4 is 11.9 Å². The maximum absolute atomic E-state index is 12.8. The van der Waals surface area contributed by atoms with Crippen molar-refractivity contribution in [1.29, 1.82) is 0 Å². The minimum absolute atomic E-state index is 0.0848. The van der Waals surface area contributed by atoms with E-state index in [2.05, 4.69) is 9.97 Å². The lowest BCUT2D eigenvalue weighted by Gasteiger charge is -2.16. The van der Waals surface area contributed by atoms with Gasteiger partial charge < -0.3 is 9.47 Å². The fourth-order valence-corrected chi connectivity index (χ4v) is 2.41. The van der Waals surface area contributed by atoms with Gasteiger partial charge in [0.15, 0.2) is 11.6 Å². The number of hydrogen-bond donors (Lipinski definition) is 0. The van der Waals surface area contributed by atoms with Crippen molar-refractivity contribution in [3.8, 4) is 17.3 Å². The van der Waals surface area contributed by atoms with Crippen LogP contribution in [0.2, 0.25) is 0 Å². The largest absolute Gasteiger partial charge is 0.419 e. The Balaban J connectivity index is 2.28. The molecule has 0 spiro atoms. The van der Waals surface area contributed by atoms with Gasteiger partial charge in [0, 0.05) is 23.9 Å². The van der Waals surface area contributed by atoms with Gasteiger partial charge in [-0.3, -0.25) is 14.3 Å². The fourth-order valence-electron chi connectivity index (χ4n) is 2.41. The minimum Gasteiger partial charge on any atom is -0.419 e. The zero-order chi connectivity index (χ0) is 18.3. The molecular weight excluding hydrogens is 326 g/mol. The van der Waals surface area contributed by atoms with Gasteiger partial charge in [-0.1, -0.05) is 0 Å². The highest BCUT2D eigenvalue weighted by molar-refractivity contribution is 5.95. The molecule has 128 valence electrons. The molecule has 0 aliphatic carbocycles. The van der Waals surface area contributed by atoms with Crippen molar-refractivity contribution in [3.05, 3.63) is 51.3 Å². The average molecular weight is 341 g/mol. The van der Waals surface area contributed by atoms with Crippen LogP contribution >= 0.6 is 0 Å². The smallest absolute Gasteiger partial charge is 0.336 e. The summed E-state index contributed by atoms with van der Waals surface area (Å²) in [6.07, 6.45) is 3.31. The van der Waals surface area contributed by atoms with Gasteiger partial charge in [0.2, 0.25) is 5.75 Å². The lowest BCUT2D eigenvalue weighted by molar-refractivity contribution is -0.133. The highest BCUT2D eigenvalue weighted by Crippen LogP contribution is 2.29. The summed E-state index contributed by atoms with van der Waals surface area (Å²) in [5, 5.41) is 0. The Kier molecular flexibility index (Phi) is 3.96. The van der Waals surface area contributed by atoms with Gasteiger partial charge in [-0.15, -0.1) is 0 Å². The number of aromatic nitrogens is 3. The number of hydrogen-bond acceptors (Lipinski definition) is 7. The van der Waals surface area contributed by atoms with E-state index in [0.29, 0.717) is 22.8 Å². The number of fused-ring (bicyclic) bond motifs is 1. The maximum atomic E-state index is 12.8. The van der Waals surface area contributed by atoms with Gasteiger partial charge in [0.1, 0.15) is 0 Å². The SMILES string of the molecule is Cc1cn(-c2nc(C)c(C)nc2C)c(=O)c2c1OC(=O)/C=C/C(=O)O2. The summed E-state index contributed by atoms with van der Waals surface area (Å²) in [4.78, 5) is 45.0. The predicted octanol–water partition coefficient (Wildman–Crippen LogP) is 1.24. The summed E-state index contributed by atoms with van der Waals surface area (Å²) in [6.45, 7) is 6.96. The standard InChI is InChI=1S/C17H15N3O5/c1-8-7-20(16-11(4)18-9(2)10(3)19-16)17(23)15-14(8)24-12(21)5-6-13(22)25-15/h5-7H,1-4H3/b6-5+. The van der Waals surface area contributed by atoms with E-state index in [9.17, 15) is 14.4 Å². The number of pyridine rings is 1. The lowest BCUT2D eigenvalue weighted by atomic mass is 10.2. The molecule has 3 heterocycles. The molecular formula is C17H15N3O5. The maximum Gasteiger partial charge on any atom is 0.336 e. The Morgan fingerprint density at radius 3 is 2.00 bits per heavy atom. The van der Waals surface area contributed by atoms with Crippen LogP contribution in [-0.2, 0) is 9.59 Å². The molecule has 0 radical (unpaired) electrons. The van der Waals surface area contributed by atoms with Crippen LogP contribution < -0.4 is 15.0 Å². The zero-order valence-corrected chi connectivity index (χ0v) is 14.1. The Bertz CT molecular complexity index is 1000. The topological polar surface area (TPSA) is 100 Å². The summed E-state index contributed by atoms with van der Waals surface area (Å²) in [5.41, 5.74) is 1.73. The van der Waals surface area contributed by atoms with E-state index in [1.807, 2.05) is 6.92 Å². The molecule has 8 heteroatoms. The molecule has 0 aromatic carbocycles. The van der Waals surface area contributed by atoms with Crippen molar-refractivity contribution in [1.82, 2.24) is 14.5 Å². The Morgan fingerprint density at radius 2 is 1.36 bits per heavy atom. The third-order valence-corrected chi connectivity index (χ3v) is 3.75. The molecule has 1 aliphatic heterocycles. The molecule has 8 nitrogen and oxygen atoms in total. The first-order chi connectivity index (χ1) is 11.8. The van der Waals surface area contributed by atoms with Crippen LogP contribution in [0.15, 0.2) is 23.1 Å². The Hall–Kier alpha value is -3.29. The number of aryl methyl sites for hydroxylation is 4. The third kappa shape index (κ3) is 2.93. The number of ether oxygens (including phenoxy) is 2. The molecule has 3 rings (SSSR count). The van der Waals surface area contributed by atoms with Crippen molar-refractivity contribution in [3.63, 3.8) is 0 Å². The van der Waals surface area contributed by atoms with Gasteiger partial charge in [-0.25, -0.2) is 14.6 Å². The number of rotatable bonds is 1. The molecule has 0 bridgehead atoms. The van der Waals surface area contributed by atoms with Crippen LogP contribution in [0.3, 0.4) is 0 Å². The molecule has 0 unspecified atom stereocenters. The van der Waals surface area contributed by atoms with Crippen molar-refractivity contribution in [2.24, 2.45) is 0 Å². The van der Waals surface area contributed by atoms with Gasteiger partial charge in [0.25, 0.3) is 0 Å². The molecule has 0 saturated carbocycles. The van der Waals surface area contributed by atoms with E-state index < -0.39 is 17.5 Å². The molecule has 0 fully saturated rings. The summed E-state index contributed by atoms with van der Waals surface area (Å²) in [6, 6.07) is 0. The van der Waals surface area contributed by atoms with Gasteiger partial charge in [-0.05, 0) is 27.7 Å². The average Bonchev–Trinajstić information content (AvgIpc) is 2.54. The second-order valence-corrected chi connectivity index (χ2v) is 5.62. The van der Waals surface area contributed by atoms with Crippen LogP contribution in [0, 0.1) is 27.7 Å². The van der Waals surface area contributed by atoms with Crippen LogP contribution in [0.4, 0.5) is 0 Å². The molecule has 2 aromatic rings. The van der Waals surface area contributed by atoms with Gasteiger partial charge in [0.05, 0.1) is 17.1 Å².